The summed E-state index contributed by atoms with van der Waals surface area (Å²) in [4.78, 5) is 12.5. The van der Waals surface area contributed by atoms with Crippen LogP contribution >= 0.6 is 7.67 Å². The van der Waals surface area contributed by atoms with E-state index in [-0.39, 0.29) is 5.91 Å². The monoisotopic (exact) mass is 344 g/mol. The van der Waals surface area contributed by atoms with E-state index >= 15 is 0 Å². The van der Waals surface area contributed by atoms with Crippen molar-refractivity contribution in [3.63, 3.8) is 0 Å². The molecule has 1 saturated heterocycles. The summed E-state index contributed by atoms with van der Waals surface area (Å²) in [6, 6.07) is 17.7. The summed E-state index contributed by atoms with van der Waals surface area (Å²) in [7, 11) is -3.50. The standard InChI is InChI=1S/C18H21N2O3P/c21-18(16-10-4-1-5-11-16)19-24(22,20-14-8-3-9-15-20)23-17-12-6-2-7-13-17/h1-2,4-7,10-13H,3,8-9,14-15H2,(H,19,21,22). The van der Waals surface area contributed by atoms with Crippen LogP contribution in [0.3, 0.4) is 0 Å². The average Bonchev–Trinajstić information content (AvgIpc) is 2.64. The quantitative estimate of drug-likeness (QED) is 0.830. The summed E-state index contributed by atoms with van der Waals surface area (Å²) in [6.07, 6.45) is 3.00. The van der Waals surface area contributed by atoms with E-state index in [2.05, 4.69) is 5.09 Å². The van der Waals surface area contributed by atoms with Crippen molar-refractivity contribution in [3.05, 3.63) is 66.2 Å². The maximum absolute atomic E-state index is 13.5. The first-order valence-corrected chi connectivity index (χ1v) is 9.73. The topological polar surface area (TPSA) is 58.6 Å². The predicted octanol–water partition coefficient (Wildman–Crippen LogP) is 4.09. The van der Waals surface area contributed by atoms with Crippen LogP contribution in [0, 0.1) is 0 Å². The van der Waals surface area contributed by atoms with Crippen molar-refractivity contribution >= 4 is 13.6 Å². The summed E-state index contributed by atoms with van der Waals surface area (Å²) < 4.78 is 21.0. The molecule has 0 spiro atoms. The minimum Gasteiger partial charge on any atom is -0.418 e. The van der Waals surface area contributed by atoms with Crippen LogP contribution in [0.15, 0.2) is 60.7 Å². The van der Waals surface area contributed by atoms with Gasteiger partial charge in [-0.2, -0.15) is 0 Å². The molecule has 24 heavy (non-hydrogen) atoms. The van der Waals surface area contributed by atoms with E-state index in [4.69, 9.17) is 4.52 Å². The number of piperidine rings is 1. The van der Waals surface area contributed by atoms with Crippen LogP contribution in [0.2, 0.25) is 0 Å². The van der Waals surface area contributed by atoms with E-state index in [0.29, 0.717) is 24.4 Å². The summed E-state index contributed by atoms with van der Waals surface area (Å²) >= 11 is 0. The maximum Gasteiger partial charge on any atom is 0.422 e. The number of hydrogen-bond acceptors (Lipinski definition) is 3. The van der Waals surface area contributed by atoms with E-state index in [0.717, 1.165) is 19.3 Å². The summed E-state index contributed by atoms with van der Waals surface area (Å²) in [5.74, 6) is 0.0974. The van der Waals surface area contributed by atoms with Gasteiger partial charge in [-0.1, -0.05) is 42.8 Å². The van der Waals surface area contributed by atoms with Crippen molar-refractivity contribution in [2.24, 2.45) is 0 Å². The summed E-state index contributed by atoms with van der Waals surface area (Å²) in [6.45, 7) is 1.30. The van der Waals surface area contributed by atoms with Crippen LogP contribution in [0.25, 0.3) is 0 Å². The number of carbonyl (C=O) groups is 1. The highest BCUT2D eigenvalue weighted by Crippen LogP contribution is 2.48. The third-order valence-corrected chi connectivity index (χ3v) is 6.04. The average molecular weight is 344 g/mol. The van der Waals surface area contributed by atoms with Crippen LogP contribution in [0.5, 0.6) is 5.75 Å². The molecule has 0 aromatic heterocycles. The van der Waals surface area contributed by atoms with Crippen LogP contribution in [0.4, 0.5) is 0 Å². The Labute approximate surface area is 142 Å². The van der Waals surface area contributed by atoms with Gasteiger partial charge in [-0.25, -0.2) is 9.24 Å². The Bertz CT molecular complexity index is 716. The van der Waals surface area contributed by atoms with Crippen molar-refractivity contribution in [1.82, 2.24) is 9.76 Å². The van der Waals surface area contributed by atoms with Gasteiger partial charge in [0.25, 0.3) is 5.91 Å². The lowest BCUT2D eigenvalue weighted by Gasteiger charge is -2.33. The van der Waals surface area contributed by atoms with Crippen LogP contribution < -0.4 is 9.61 Å². The van der Waals surface area contributed by atoms with Gasteiger partial charge in [-0.05, 0) is 37.1 Å². The second-order valence-electron chi connectivity index (χ2n) is 5.75. The zero-order valence-electron chi connectivity index (χ0n) is 13.4. The van der Waals surface area contributed by atoms with E-state index < -0.39 is 7.67 Å². The Kier molecular flexibility index (Phi) is 5.34. The second kappa shape index (κ2) is 7.65. The zero-order valence-corrected chi connectivity index (χ0v) is 14.3. The lowest BCUT2D eigenvalue weighted by molar-refractivity contribution is 0.0972. The molecule has 1 aliphatic heterocycles. The third-order valence-electron chi connectivity index (χ3n) is 3.96. The number of amides is 1. The van der Waals surface area contributed by atoms with Crippen LogP contribution in [-0.4, -0.2) is 23.7 Å². The van der Waals surface area contributed by atoms with E-state index in [1.807, 2.05) is 24.3 Å². The molecule has 6 heteroatoms. The molecule has 0 radical (unpaired) electrons. The van der Waals surface area contributed by atoms with Crippen LogP contribution in [0.1, 0.15) is 29.6 Å². The van der Waals surface area contributed by atoms with Gasteiger partial charge >= 0.3 is 7.67 Å². The Hall–Kier alpha value is -2.10. The van der Waals surface area contributed by atoms with Gasteiger partial charge in [0.15, 0.2) is 0 Å². The molecular weight excluding hydrogens is 323 g/mol. The number of nitrogens with zero attached hydrogens (tertiary/aromatic N) is 1. The maximum atomic E-state index is 13.5. The van der Waals surface area contributed by atoms with Gasteiger partial charge in [-0.3, -0.25) is 9.88 Å². The normalized spacial score (nSPS) is 17.7. The van der Waals surface area contributed by atoms with Gasteiger partial charge in [-0.15, -0.1) is 0 Å². The highest BCUT2D eigenvalue weighted by Gasteiger charge is 2.36. The number of hydrogen-bond donors (Lipinski definition) is 1. The molecule has 0 bridgehead atoms. The van der Waals surface area contributed by atoms with Gasteiger partial charge in [0.2, 0.25) is 0 Å². The van der Waals surface area contributed by atoms with Gasteiger partial charge in [0.1, 0.15) is 5.75 Å². The fourth-order valence-electron chi connectivity index (χ4n) is 2.70. The van der Waals surface area contributed by atoms with Gasteiger partial charge in [0.05, 0.1) is 0 Å². The molecule has 5 nitrogen and oxygen atoms in total. The van der Waals surface area contributed by atoms with Crippen LogP contribution in [-0.2, 0) is 4.57 Å². The molecule has 3 rings (SSSR count). The van der Waals surface area contributed by atoms with E-state index in [1.54, 1.807) is 41.1 Å². The second-order valence-corrected chi connectivity index (χ2v) is 7.76. The fourth-order valence-corrected chi connectivity index (χ4v) is 4.60. The van der Waals surface area contributed by atoms with Crippen molar-refractivity contribution < 1.29 is 13.9 Å². The van der Waals surface area contributed by atoms with Gasteiger partial charge in [0, 0.05) is 18.7 Å². The summed E-state index contributed by atoms with van der Waals surface area (Å²) in [5, 5.41) is 2.65. The number of para-hydroxylation sites is 1. The molecule has 1 amide bonds. The lowest BCUT2D eigenvalue weighted by atomic mass is 10.2. The van der Waals surface area contributed by atoms with Crippen molar-refractivity contribution in [2.75, 3.05) is 13.1 Å². The molecule has 1 unspecified atom stereocenters. The molecule has 2 aromatic carbocycles. The van der Waals surface area contributed by atoms with Crippen molar-refractivity contribution in [2.45, 2.75) is 19.3 Å². The predicted molar refractivity (Wildman–Crippen MR) is 94.0 cm³/mol. The SMILES string of the molecule is O=C(NP(=O)(Oc1ccccc1)N1CCCCC1)c1ccccc1. The Morgan fingerprint density at radius 2 is 1.50 bits per heavy atom. The van der Waals surface area contributed by atoms with Crippen molar-refractivity contribution in [3.8, 4) is 5.75 Å². The minimum absolute atomic E-state index is 0.388. The van der Waals surface area contributed by atoms with E-state index in [9.17, 15) is 9.36 Å². The number of carbonyl (C=O) groups excluding carboxylic acids is 1. The number of benzene rings is 2. The molecule has 0 saturated carbocycles. The molecule has 1 atom stereocenters. The summed E-state index contributed by atoms with van der Waals surface area (Å²) in [5.41, 5.74) is 0.464. The first-order valence-electron chi connectivity index (χ1n) is 8.15. The van der Waals surface area contributed by atoms with E-state index in [1.165, 1.54) is 0 Å². The third kappa shape index (κ3) is 4.05. The highest BCUT2D eigenvalue weighted by atomic mass is 31.2. The molecule has 0 aliphatic carbocycles. The number of rotatable bonds is 5. The molecule has 1 aliphatic rings. The molecular formula is C18H21N2O3P. The number of nitrogens with one attached hydrogen (secondary N) is 1. The first kappa shape index (κ1) is 16.7. The van der Waals surface area contributed by atoms with Crippen molar-refractivity contribution in [1.29, 1.82) is 0 Å². The Morgan fingerprint density at radius 3 is 2.12 bits per heavy atom. The smallest absolute Gasteiger partial charge is 0.418 e. The molecule has 1 N–H and O–H groups in total. The van der Waals surface area contributed by atoms with Gasteiger partial charge < -0.3 is 4.52 Å². The molecule has 1 heterocycles. The minimum atomic E-state index is -3.50. The zero-order chi connectivity index (χ0) is 16.8. The Balaban J connectivity index is 1.84. The highest BCUT2D eigenvalue weighted by molar-refractivity contribution is 7.55. The molecule has 126 valence electrons. The largest absolute Gasteiger partial charge is 0.422 e. The lowest BCUT2D eigenvalue weighted by Crippen LogP contribution is -2.37. The molecule has 2 aromatic rings. The first-order chi connectivity index (χ1) is 11.7. The Morgan fingerprint density at radius 1 is 0.917 bits per heavy atom. The molecule has 1 fully saturated rings. The fraction of sp³-hybridized carbons (Fsp3) is 0.278.